The number of nitrogens with one attached hydrogen (secondary N) is 1. The topological polar surface area (TPSA) is 37.4 Å². The number of ether oxygens (including phenoxy) is 2. The second-order valence-electron chi connectivity index (χ2n) is 7.53. The molecule has 0 atom stereocenters. The molecule has 0 bridgehead atoms. The molecular formula is C27H29N2O2+. The van der Waals surface area contributed by atoms with E-state index in [-0.39, 0.29) is 0 Å². The number of fused-ring (bicyclic) bond motifs is 1. The second-order valence-corrected chi connectivity index (χ2v) is 7.53. The van der Waals surface area contributed by atoms with Crippen LogP contribution in [0.4, 0.5) is 0 Å². The second kappa shape index (κ2) is 9.09. The highest BCUT2D eigenvalue weighted by molar-refractivity contribution is 5.93. The van der Waals surface area contributed by atoms with E-state index in [0.29, 0.717) is 6.61 Å². The SMILES string of the molecule is CCOc1cccc(=[NH+]Cc2ccccc2)c2c(C)n(-c3ccc(OC)cc3)c(C)c12. The number of methoxy groups -OCH3 is 1. The number of hydrogen-bond acceptors (Lipinski definition) is 2. The molecule has 0 aliphatic rings. The first-order chi connectivity index (χ1) is 15.1. The Morgan fingerprint density at radius 3 is 2.19 bits per heavy atom. The van der Waals surface area contributed by atoms with Gasteiger partial charge in [0.15, 0.2) is 6.54 Å². The molecule has 0 spiro atoms. The molecule has 1 heterocycles. The van der Waals surface area contributed by atoms with Crippen LogP contribution in [0, 0.1) is 13.8 Å². The van der Waals surface area contributed by atoms with Gasteiger partial charge in [0.2, 0.25) is 5.36 Å². The van der Waals surface area contributed by atoms with Crippen LogP contribution in [0.3, 0.4) is 0 Å². The lowest BCUT2D eigenvalue weighted by atomic mass is 10.2. The van der Waals surface area contributed by atoms with Gasteiger partial charge < -0.3 is 14.0 Å². The summed E-state index contributed by atoms with van der Waals surface area (Å²) in [5.74, 6) is 1.75. The Kier molecular flexibility index (Phi) is 6.08. The van der Waals surface area contributed by atoms with E-state index in [9.17, 15) is 0 Å². The molecule has 0 unspecified atom stereocenters. The lowest BCUT2D eigenvalue weighted by Crippen LogP contribution is -2.74. The number of rotatable bonds is 6. The Bertz CT molecular complexity index is 1260. The third-order valence-corrected chi connectivity index (χ3v) is 5.63. The Hall–Kier alpha value is -3.53. The Balaban J connectivity index is 1.98. The minimum absolute atomic E-state index is 0.623. The van der Waals surface area contributed by atoms with Gasteiger partial charge in [0.25, 0.3) is 0 Å². The summed E-state index contributed by atoms with van der Waals surface area (Å²) < 4.78 is 13.7. The van der Waals surface area contributed by atoms with Crippen LogP contribution in [-0.4, -0.2) is 18.3 Å². The van der Waals surface area contributed by atoms with Crippen molar-refractivity contribution >= 4 is 10.8 Å². The molecule has 4 aromatic rings. The van der Waals surface area contributed by atoms with Crippen LogP contribution in [-0.2, 0) is 6.54 Å². The van der Waals surface area contributed by atoms with E-state index in [2.05, 4.69) is 78.0 Å². The van der Waals surface area contributed by atoms with Crippen molar-refractivity contribution < 1.29 is 14.5 Å². The van der Waals surface area contributed by atoms with Gasteiger partial charge in [-0.05, 0) is 51.1 Å². The van der Waals surface area contributed by atoms with Gasteiger partial charge in [-0.15, -0.1) is 0 Å². The van der Waals surface area contributed by atoms with Gasteiger partial charge in [0.1, 0.15) is 11.5 Å². The molecule has 0 saturated heterocycles. The monoisotopic (exact) mass is 413 g/mol. The predicted molar refractivity (Wildman–Crippen MR) is 125 cm³/mol. The largest absolute Gasteiger partial charge is 0.497 e. The summed E-state index contributed by atoms with van der Waals surface area (Å²) in [6.45, 7) is 7.73. The average Bonchev–Trinajstić information content (AvgIpc) is 2.94. The molecule has 0 radical (unpaired) electrons. The predicted octanol–water partition coefficient (Wildman–Crippen LogP) is 3.84. The quantitative estimate of drug-likeness (QED) is 0.522. The van der Waals surface area contributed by atoms with Crippen molar-refractivity contribution in [3.8, 4) is 17.2 Å². The van der Waals surface area contributed by atoms with E-state index in [0.717, 1.165) is 40.2 Å². The summed E-state index contributed by atoms with van der Waals surface area (Å²) in [4.78, 5) is 3.66. The van der Waals surface area contributed by atoms with Crippen molar-refractivity contribution in [2.45, 2.75) is 27.3 Å². The van der Waals surface area contributed by atoms with Gasteiger partial charge in [-0.3, -0.25) is 0 Å². The Labute approximate surface area is 183 Å². The number of nitrogens with zero attached hydrogens (tertiary/aromatic N) is 1. The number of aromatic nitrogens is 1. The highest BCUT2D eigenvalue weighted by Crippen LogP contribution is 2.32. The lowest BCUT2D eigenvalue weighted by molar-refractivity contribution is -0.516. The van der Waals surface area contributed by atoms with Crippen LogP contribution >= 0.6 is 0 Å². The summed E-state index contributed by atoms with van der Waals surface area (Å²) in [6.07, 6.45) is 0. The fourth-order valence-corrected chi connectivity index (χ4v) is 4.20. The summed E-state index contributed by atoms with van der Waals surface area (Å²) >= 11 is 0. The standard InChI is InChI=1S/C27H28N2O2/c1-5-31-25-13-9-12-24(28-18-21-10-7-6-8-11-21)26-19(2)29(20(3)27(25)26)22-14-16-23(30-4)17-15-22/h6-17H,5,18H2,1-4H3/p+1. The summed E-state index contributed by atoms with van der Waals surface area (Å²) in [7, 11) is 1.69. The summed E-state index contributed by atoms with van der Waals surface area (Å²) in [5.41, 5.74) is 4.67. The minimum Gasteiger partial charge on any atom is -0.497 e. The molecule has 0 amide bonds. The van der Waals surface area contributed by atoms with Gasteiger partial charge in [0, 0.05) is 28.7 Å². The molecule has 1 aromatic heterocycles. The van der Waals surface area contributed by atoms with E-state index >= 15 is 0 Å². The summed E-state index contributed by atoms with van der Waals surface area (Å²) in [5, 5.41) is 3.41. The van der Waals surface area contributed by atoms with E-state index in [1.165, 1.54) is 16.6 Å². The van der Waals surface area contributed by atoms with Gasteiger partial charge >= 0.3 is 0 Å². The van der Waals surface area contributed by atoms with Gasteiger partial charge in [0.05, 0.1) is 24.5 Å². The molecular weight excluding hydrogens is 384 g/mol. The Morgan fingerprint density at radius 1 is 0.806 bits per heavy atom. The van der Waals surface area contributed by atoms with Gasteiger partial charge in [-0.1, -0.05) is 36.4 Å². The third kappa shape index (κ3) is 4.06. The molecule has 31 heavy (non-hydrogen) atoms. The molecule has 0 aliphatic heterocycles. The third-order valence-electron chi connectivity index (χ3n) is 5.63. The van der Waals surface area contributed by atoms with E-state index in [1.54, 1.807) is 7.11 Å². The zero-order chi connectivity index (χ0) is 21.8. The highest BCUT2D eigenvalue weighted by atomic mass is 16.5. The molecule has 0 aliphatic carbocycles. The first-order valence-corrected chi connectivity index (χ1v) is 10.7. The zero-order valence-corrected chi connectivity index (χ0v) is 18.6. The first-order valence-electron chi connectivity index (χ1n) is 10.7. The van der Waals surface area contributed by atoms with Crippen molar-refractivity contribution in [2.75, 3.05) is 13.7 Å². The fraction of sp³-hybridized carbons (Fsp3) is 0.222. The summed E-state index contributed by atoms with van der Waals surface area (Å²) in [6, 6.07) is 24.9. The molecule has 3 aromatic carbocycles. The van der Waals surface area contributed by atoms with Crippen LogP contribution in [0.25, 0.3) is 16.5 Å². The van der Waals surface area contributed by atoms with Gasteiger partial charge in [-0.2, -0.15) is 0 Å². The molecule has 4 rings (SSSR count). The van der Waals surface area contributed by atoms with Crippen LogP contribution in [0.5, 0.6) is 11.5 Å². The maximum atomic E-state index is 6.06. The van der Waals surface area contributed by atoms with Crippen molar-refractivity contribution in [2.24, 2.45) is 0 Å². The minimum atomic E-state index is 0.623. The van der Waals surface area contributed by atoms with E-state index in [1.807, 2.05) is 25.1 Å². The molecule has 4 nitrogen and oxygen atoms in total. The smallest absolute Gasteiger partial charge is 0.208 e. The molecule has 1 N–H and O–H groups in total. The molecule has 0 fully saturated rings. The van der Waals surface area contributed by atoms with Crippen molar-refractivity contribution in [3.63, 3.8) is 0 Å². The van der Waals surface area contributed by atoms with Crippen LogP contribution in [0.2, 0.25) is 0 Å². The van der Waals surface area contributed by atoms with Crippen LogP contribution in [0.15, 0.2) is 72.8 Å². The van der Waals surface area contributed by atoms with Crippen molar-refractivity contribution in [3.05, 3.63) is 95.1 Å². The fourth-order valence-electron chi connectivity index (χ4n) is 4.20. The number of benzene rings is 2. The van der Waals surface area contributed by atoms with Crippen LogP contribution in [0.1, 0.15) is 23.9 Å². The normalized spacial score (nSPS) is 11.7. The highest BCUT2D eigenvalue weighted by Gasteiger charge is 2.19. The maximum absolute atomic E-state index is 6.06. The maximum Gasteiger partial charge on any atom is 0.208 e. The molecule has 4 heteroatoms. The first kappa shape index (κ1) is 20.7. The van der Waals surface area contributed by atoms with E-state index < -0.39 is 0 Å². The Morgan fingerprint density at radius 2 is 1.52 bits per heavy atom. The zero-order valence-electron chi connectivity index (χ0n) is 18.6. The van der Waals surface area contributed by atoms with Gasteiger partial charge in [-0.25, -0.2) is 4.99 Å². The number of hydrogen-bond donors (Lipinski definition) is 1. The lowest BCUT2D eigenvalue weighted by Gasteiger charge is -2.10. The van der Waals surface area contributed by atoms with Crippen LogP contribution < -0.4 is 19.8 Å². The van der Waals surface area contributed by atoms with Crippen molar-refractivity contribution in [1.29, 1.82) is 0 Å². The molecule has 158 valence electrons. The molecule has 0 saturated carbocycles. The van der Waals surface area contributed by atoms with Crippen molar-refractivity contribution in [1.82, 2.24) is 4.57 Å². The average molecular weight is 414 g/mol. The number of aryl methyl sites for hydroxylation is 2. The van der Waals surface area contributed by atoms with E-state index in [4.69, 9.17) is 9.47 Å².